The summed E-state index contributed by atoms with van der Waals surface area (Å²) in [5.41, 5.74) is 2.97. The number of pyridine rings is 1. The van der Waals surface area contributed by atoms with Crippen molar-refractivity contribution in [3.63, 3.8) is 0 Å². The van der Waals surface area contributed by atoms with Gasteiger partial charge >= 0.3 is 6.09 Å². The molecule has 1 atom stereocenters. The summed E-state index contributed by atoms with van der Waals surface area (Å²) >= 11 is 0. The van der Waals surface area contributed by atoms with E-state index >= 15 is 0 Å². The van der Waals surface area contributed by atoms with Crippen LogP contribution in [0, 0.1) is 11.2 Å². The van der Waals surface area contributed by atoms with E-state index in [1.54, 1.807) is 10.7 Å². The molecule has 190 valence electrons. The number of aromatic nitrogens is 3. The van der Waals surface area contributed by atoms with Crippen molar-refractivity contribution in [3.05, 3.63) is 42.5 Å². The Bertz CT molecular complexity index is 1280. The third-order valence-corrected chi connectivity index (χ3v) is 8.15. The topological polar surface area (TPSA) is 66.7 Å². The molecule has 2 aromatic heterocycles. The Kier molecular flexibility index (Phi) is 5.82. The van der Waals surface area contributed by atoms with Gasteiger partial charge in [0.25, 0.3) is 0 Å². The number of anilines is 1. The van der Waals surface area contributed by atoms with Crippen LogP contribution in [-0.2, 0) is 11.8 Å². The van der Waals surface area contributed by atoms with Crippen molar-refractivity contribution >= 4 is 22.8 Å². The van der Waals surface area contributed by atoms with Crippen LogP contribution >= 0.6 is 0 Å². The van der Waals surface area contributed by atoms with Gasteiger partial charge in [-0.05, 0) is 49.9 Å². The molecule has 0 N–H and O–H groups in total. The van der Waals surface area contributed by atoms with Gasteiger partial charge in [-0.25, -0.2) is 14.2 Å². The number of aryl methyl sites for hydroxylation is 1. The molecule has 9 heteroatoms. The number of hydrogen-bond acceptors (Lipinski definition) is 6. The van der Waals surface area contributed by atoms with Crippen LogP contribution < -0.4 is 4.90 Å². The molecule has 3 aliphatic rings. The molecule has 1 spiro atoms. The fourth-order valence-electron chi connectivity index (χ4n) is 6.39. The van der Waals surface area contributed by atoms with Crippen LogP contribution in [0.25, 0.3) is 22.0 Å². The van der Waals surface area contributed by atoms with E-state index in [0.717, 1.165) is 73.5 Å². The largest absolute Gasteiger partial charge is 0.450 e. The van der Waals surface area contributed by atoms with E-state index in [0.29, 0.717) is 12.6 Å². The van der Waals surface area contributed by atoms with Gasteiger partial charge in [0, 0.05) is 74.9 Å². The minimum absolute atomic E-state index is 0.175. The standard InChI is InChI=1S/C27H33FN6O2/c1-3-36-26(35)34-17-27(18-34)7-6-22(14-27)32-8-10-33(11-9-32)25-23(13-21(28)15-29-25)19-4-5-24-20(12-19)16-31(2)30-24/h4-5,12-13,15-16,22H,3,6-11,14,17-18H2,1-2H3/t22-/m1/s1. The highest BCUT2D eigenvalue weighted by Crippen LogP contribution is 2.47. The number of benzene rings is 1. The lowest BCUT2D eigenvalue weighted by Crippen LogP contribution is -2.58. The molecule has 1 amide bonds. The Morgan fingerprint density at radius 2 is 2.00 bits per heavy atom. The number of nitrogens with zero attached hydrogens (tertiary/aromatic N) is 6. The van der Waals surface area contributed by atoms with E-state index in [-0.39, 0.29) is 17.3 Å². The van der Waals surface area contributed by atoms with Crippen molar-refractivity contribution < 1.29 is 13.9 Å². The van der Waals surface area contributed by atoms with Gasteiger partial charge in [-0.2, -0.15) is 5.10 Å². The molecule has 36 heavy (non-hydrogen) atoms. The normalized spacial score (nSPS) is 21.8. The number of piperazine rings is 1. The van der Waals surface area contributed by atoms with Gasteiger partial charge < -0.3 is 14.5 Å². The van der Waals surface area contributed by atoms with Crippen LogP contribution in [0.2, 0.25) is 0 Å². The number of amides is 1. The predicted octanol–water partition coefficient (Wildman–Crippen LogP) is 3.91. The maximum absolute atomic E-state index is 14.3. The zero-order chi connectivity index (χ0) is 24.9. The highest BCUT2D eigenvalue weighted by molar-refractivity contribution is 5.87. The molecule has 3 aromatic rings. The molecule has 1 aromatic carbocycles. The van der Waals surface area contributed by atoms with Gasteiger partial charge in [0.05, 0.1) is 18.3 Å². The van der Waals surface area contributed by atoms with Gasteiger partial charge in [0.2, 0.25) is 0 Å². The van der Waals surface area contributed by atoms with Crippen molar-refractivity contribution in [3.8, 4) is 11.1 Å². The van der Waals surface area contributed by atoms with E-state index in [4.69, 9.17) is 4.74 Å². The number of halogens is 1. The number of likely N-dealkylation sites (tertiary alicyclic amines) is 1. The smallest absolute Gasteiger partial charge is 0.409 e. The first-order chi connectivity index (χ1) is 17.4. The second-order valence-corrected chi connectivity index (χ2v) is 10.6. The second kappa shape index (κ2) is 9.03. The van der Waals surface area contributed by atoms with Crippen LogP contribution in [0.15, 0.2) is 36.7 Å². The van der Waals surface area contributed by atoms with Crippen LogP contribution in [0.4, 0.5) is 15.0 Å². The number of ether oxygens (including phenoxy) is 1. The van der Waals surface area contributed by atoms with Crippen molar-refractivity contribution in [2.24, 2.45) is 12.5 Å². The van der Waals surface area contributed by atoms with Crippen LogP contribution in [0.1, 0.15) is 26.2 Å². The first-order valence-electron chi connectivity index (χ1n) is 12.9. The van der Waals surface area contributed by atoms with Gasteiger partial charge in [-0.3, -0.25) is 9.58 Å². The molecule has 0 radical (unpaired) electrons. The third-order valence-electron chi connectivity index (χ3n) is 8.15. The monoisotopic (exact) mass is 492 g/mol. The number of rotatable bonds is 4. The maximum Gasteiger partial charge on any atom is 0.409 e. The molecule has 1 aliphatic carbocycles. The van der Waals surface area contributed by atoms with Crippen molar-refractivity contribution in [2.75, 3.05) is 50.8 Å². The Labute approximate surface area is 210 Å². The maximum atomic E-state index is 14.3. The van der Waals surface area contributed by atoms with E-state index in [1.807, 2.05) is 37.2 Å². The molecule has 2 aliphatic heterocycles. The molecule has 0 unspecified atom stereocenters. The first-order valence-corrected chi connectivity index (χ1v) is 12.9. The summed E-state index contributed by atoms with van der Waals surface area (Å²) in [6.45, 7) is 7.57. The zero-order valence-electron chi connectivity index (χ0n) is 21.0. The Morgan fingerprint density at radius 3 is 2.78 bits per heavy atom. The summed E-state index contributed by atoms with van der Waals surface area (Å²) in [5, 5.41) is 5.48. The fraction of sp³-hybridized carbons (Fsp3) is 0.519. The first kappa shape index (κ1) is 23.2. The number of carbonyl (C=O) groups is 1. The number of carbonyl (C=O) groups excluding carboxylic acids is 1. The fourth-order valence-corrected chi connectivity index (χ4v) is 6.39. The van der Waals surface area contributed by atoms with Gasteiger partial charge in [0.1, 0.15) is 11.6 Å². The van der Waals surface area contributed by atoms with Crippen LogP contribution in [-0.4, -0.2) is 82.6 Å². The highest BCUT2D eigenvalue weighted by atomic mass is 19.1. The predicted molar refractivity (Wildman–Crippen MR) is 136 cm³/mol. The summed E-state index contributed by atoms with van der Waals surface area (Å²) < 4.78 is 21.2. The summed E-state index contributed by atoms with van der Waals surface area (Å²) in [7, 11) is 1.90. The Balaban J connectivity index is 1.12. The van der Waals surface area contributed by atoms with Gasteiger partial charge in [0.15, 0.2) is 0 Å². The lowest BCUT2D eigenvalue weighted by molar-refractivity contribution is -0.00294. The Hall–Kier alpha value is -3.20. The van der Waals surface area contributed by atoms with E-state index in [2.05, 4.69) is 25.9 Å². The molecule has 2 saturated heterocycles. The molecular formula is C27H33FN6O2. The van der Waals surface area contributed by atoms with Crippen molar-refractivity contribution in [2.45, 2.75) is 32.2 Å². The number of hydrogen-bond donors (Lipinski definition) is 0. The van der Waals surface area contributed by atoms with Crippen LogP contribution in [0.3, 0.4) is 0 Å². The van der Waals surface area contributed by atoms with Crippen LogP contribution in [0.5, 0.6) is 0 Å². The minimum Gasteiger partial charge on any atom is -0.450 e. The second-order valence-electron chi connectivity index (χ2n) is 10.6. The van der Waals surface area contributed by atoms with Gasteiger partial charge in [-0.1, -0.05) is 6.07 Å². The van der Waals surface area contributed by atoms with Crippen molar-refractivity contribution in [1.29, 1.82) is 0 Å². The zero-order valence-corrected chi connectivity index (χ0v) is 21.0. The van der Waals surface area contributed by atoms with E-state index in [9.17, 15) is 9.18 Å². The molecule has 4 heterocycles. The number of fused-ring (bicyclic) bond motifs is 1. The molecule has 8 nitrogen and oxygen atoms in total. The molecular weight excluding hydrogens is 459 g/mol. The average molecular weight is 493 g/mol. The summed E-state index contributed by atoms with van der Waals surface area (Å²) in [6.07, 6.45) is 6.63. The van der Waals surface area contributed by atoms with Crippen molar-refractivity contribution in [1.82, 2.24) is 24.6 Å². The molecule has 6 rings (SSSR count). The lowest BCUT2D eigenvalue weighted by Gasteiger charge is -2.48. The lowest BCUT2D eigenvalue weighted by atomic mass is 9.78. The average Bonchev–Trinajstić information content (AvgIpc) is 3.46. The molecule has 0 bridgehead atoms. The van der Waals surface area contributed by atoms with E-state index < -0.39 is 0 Å². The third kappa shape index (κ3) is 4.19. The molecule has 3 fully saturated rings. The summed E-state index contributed by atoms with van der Waals surface area (Å²) in [4.78, 5) is 23.3. The minimum atomic E-state index is -0.327. The highest BCUT2D eigenvalue weighted by Gasteiger charge is 2.51. The quantitative estimate of drug-likeness (QED) is 0.550. The van der Waals surface area contributed by atoms with E-state index in [1.165, 1.54) is 19.0 Å². The summed E-state index contributed by atoms with van der Waals surface area (Å²) in [5.74, 6) is 0.513. The SMILES string of the molecule is CCOC(=O)N1CC2(CC[C@@H](N3CCN(c4ncc(F)cc4-c4ccc5nn(C)cc5c4)CC3)C2)C1. The molecule has 1 saturated carbocycles. The summed E-state index contributed by atoms with van der Waals surface area (Å²) in [6, 6.07) is 8.21. The van der Waals surface area contributed by atoms with Gasteiger partial charge in [-0.15, -0.1) is 0 Å². The Morgan fingerprint density at radius 1 is 1.19 bits per heavy atom.